The van der Waals surface area contributed by atoms with E-state index in [-0.39, 0.29) is 5.69 Å². The van der Waals surface area contributed by atoms with Crippen LogP contribution in [0, 0.1) is 0 Å². The molecule has 1 amide bonds. The summed E-state index contributed by atoms with van der Waals surface area (Å²) < 4.78 is 42.3. The standard InChI is InChI=1S/C19H21F3N4O2S/c1-29-12-15-10-16(26-6-8-28-9-7-26)25-18(24-15)13-2-4-14(5-3-13)23-17(27)11-19(20,21)22/h2-5,10H,6-9,11-12H2,1H3,(H,23,27). The lowest BCUT2D eigenvalue weighted by molar-refractivity contribution is -0.150. The fourth-order valence-electron chi connectivity index (χ4n) is 2.88. The molecule has 10 heteroatoms. The lowest BCUT2D eigenvalue weighted by Gasteiger charge is -2.28. The van der Waals surface area contributed by atoms with Crippen molar-refractivity contribution in [3.05, 3.63) is 36.0 Å². The Bertz CT molecular complexity index is 840. The monoisotopic (exact) mass is 426 g/mol. The van der Waals surface area contributed by atoms with Crippen molar-refractivity contribution in [3.63, 3.8) is 0 Å². The Kier molecular flexibility index (Phi) is 6.96. The topological polar surface area (TPSA) is 67.3 Å². The lowest BCUT2D eigenvalue weighted by Crippen LogP contribution is -2.37. The van der Waals surface area contributed by atoms with Crippen LogP contribution in [-0.2, 0) is 15.3 Å². The fourth-order valence-corrected chi connectivity index (χ4v) is 3.32. The molecule has 6 nitrogen and oxygen atoms in total. The van der Waals surface area contributed by atoms with Crippen LogP contribution >= 0.6 is 11.8 Å². The number of halogens is 3. The number of amides is 1. The maximum absolute atomic E-state index is 12.3. The molecule has 0 unspecified atom stereocenters. The number of carbonyl (C=O) groups is 1. The zero-order valence-corrected chi connectivity index (χ0v) is 16.6. The number of rotatable bonds is 6. The van der Waals surface area contributed by atoms with Crippen LogP contribution in [0.5, 0.6) is 0 Å². The van der Waals surface area contributed by atoms with E-state index >= 15 is 0 Å². The molecule has 1 saturated heterocycles. The van der Waals surface area contributed by atoms with Gasteiger partial charge >= 0.3 is 6.18 Å². The van der Waals surface area contributed by atoms with Gasteiger partial charge in [-0.2, -0.15) is 24.9 Å². The summed E-state index contributed by atoms with van der Waals surface area (Å²) in [5, 5.41) is 2.25. The molecule has 0 saturated carbocycles. The summed E-state index contributed by atoms with van der Waals surface area (Å²) in [6, 6.07) is 8.43. The second-order valence-corrected chi connectivity index (χ2v) is 7.36. The molecule has 0 aliphatic carbocycles. The Labute approximate surface area is 170 Å². The van der Waals surface area contributed by atoms with Crippen molar-refractivity contribution in [1.29, 1.82) is 0 Å². The summed E-state index contributed by atoms with van der Waals surface area (Å²) in [5.41, 5.74) is 1.90. The zero-order chi connectivity index (χ0) is 20.9. The van der Waals surface area contributed by atoms with Crippen LogP contribution in [0.4, 0.5) is 24.7 Å². The molecule has 3 rings (SSSR count). The Morgan fingerprint density at radius 1 is 1.21 bits per heavy atom. The second kappa shape index (κ2) is 9.45. The maximum Gasteiger partial charge on any atom is 0.397 e. The van der Waals surface area contributed by atoms with Gasteiger partial charge in [-0.15, -0.1) is 0 Å². The zero-order valence-electron chi connectivity index (χ0n) is 15.8. The summed E-state index contributed by atoms with van der Waals surface area (Å²) in [7, 11) is 0. The van der Waals surface area contributed by atoms with Crippen molar-refractivity contribution in [2.45, 2.75) is 18.3 Å². The third kappa shape index (κ3) is 6.33. The first kappa shape index (κ1) is 21.4. The predicted molar refractivity (Wildman–Crippen MR) is 107 cm³/mol. The number of ether oxygens (including phenoxy) is 1. The van der Waals surface area contributed by atoms with Gasteiger partial charge in [0.05, 0.1) is 18.9 Å². The first-order valence-electron chi connectivity index (χ1n) is 9.01. The van der Waals surface area contributed by atoms with E-state index in [1.807, 2.05) is 12.3 Å². The van der Waals surface area contributed by atoms with E-state index in [0.29, 0.717) is 19.0 Å². The van der Waals surface area contributed by atoms with Gasteiger partial charge in [0, 0.05) is 36.2 Å². The SMILES string of the molecule is CSCc1cc(N2CCOCC2)nc(-c2ccc(NC(=O)CC(F)(F)F)cc2)n1. The van der Waals surface area contributed by atoms with Gasteiger partial charge in [-0.1, -0.05) is 0 Å². The van der Waals surface area contributed by atoms with Gasteiger partial charge < -0.3 is 15.0 Å². The molecular weight excluding hydrogens is 405 g/mol. The lowest BCUT2D eigenvalue weighted by atomic mass is 10.2. The minimum absolute atomic E-state index is 0.289. The highest BCUT2D eigenvalue weighted by atomic mass is 32.2. The van der Waals surface area contributed by atoms with Gasteiger partial charge in [0.15, 0.2) is 5.82 Å². The molecule has 29 heavy (non-hydrogen) atoms. The average molecular weight is 426 g/mol. The smallest absolute Gasteiger partial charge is 0.378 e. The van der Waals surface area contributed by atoms with Crippen molar-refractivity contribution >= 4 is 29.2 Å². The third-order valence-electron chi connectivity index (χ3n) is 4.18. The molecule has 1 aromatic heterocycles. The summed E-state index contributed by atoms with van der Waals surface area (Å²) in [6.45, 7) is 2.78. The predicted octanol–water partition coefficient (Wildman–Crippen LogP) is 3.73. The number of thioether (sulfide) groups is 1. The molecule has 0 radical (unpaired) electrons. The van der Waals surface area contributed by atoms with Crippen LogP contribution < -0.4 is 10.2 Å². The molecule has 1 aliphatic heterocycles. The highest BCUT2D eigenvalue weighted by molar-refractivity contribution is 7.97. The van der Waals surface area contributed by atoms with Crippen molar-refractivity contribution in [3.8, 4) is 11.4 Å². The number of morpholine rings is 1. The molecule has 0 spiro atoms. The number of hydrogen-bond donors (Lipinski definition) is 1. The van der Waals surface area contributed by atoms with E-state index in [1.165, 1.54) is 0 Å². The van der Waals surface area contributed by atoms with Gasteiger partial charge in [-0.05, 0) is 30.5 Å². The molecule has 1 aliphatic rings. The third-order valence-corrected chi connectivity index (χ3v) is 4.77. The molecule has 0 atom stereocenters. The molecule has 1 aromatic carbocycles. The number of nitrogens with one attached hydrogen (secondary N) is 1. The molecule has 0 bridgehead atoms. The van der Waals surface area contributed by atoms with Crippen molar-refractivity contribution < 1.29 is 22.7 Å². The number of carbonyl (C=O) groups excluding carboxylic acids is 1. The minimum Gasteiger partial charge on any atom is -0.378 e. The highest BCUT2D eigenvalue weighted by Crippen LogP contribution is 2.25. The number of anilines is 2. The van der Waals surface area contributed by atoms with Crippen LogP contribution in [0.3, 0.4) is 0 Å². The van der Waals surface area contributed by atoms with Gasteiger partial charge in [-0.3, -0.25) is 4.79 Å². The Morgan fingerprint density at radius 3 is 2.52 bits per heavy atom. The molecule has 156 valence electrons. The second-order valence-electron chi connectivity index (χ2n) is 6.49. The summed E-state index contributed by atoms with van der Waals surface area (Å²) >= 11 is 1.65. The van der Waals surface area contributed by atoms with Gasteiger partial charge in [-0.25, -0.2) is 9.97 Å². The highest BCUT2D eigenvalue weighted by Gasteiger charge is 2.31. The van der Waals surface area contributed by atoms with Crippen LogP contribution in [-0.4, -0.2) is 54.6 Å². The first-order chi connectivity index (χ1) is 13.8. The largest absolute Gasteiger partial charge is 0.397 e. The minimum atomic E-state index is -4.54. The van der Waals surface area contributed by atoms with E-state index in [4.69, 9.17) is 4.74 Å². The van der Waals surface area contributed by atoms with Gasteiger partial charge in [0.1, 0.15) is 12.2 Å². The molecule has 1 fully saturated rings. The summed E-state index contributed by atoms with van der Waals surface area (Å²) in [4.78, 5) is 22.9. The fraction of sp³-hybridized carbons (Fsp3) is 0.421. The summed E-state index contributed by atoms with van der Waals surface area (Å²) in [6.07, 6.45) is -4.06. The molecule has 2 heterocycles. The summed E-state index contributed by atoms with van der Waals surface area (Å²) in [5.74, 6) is 0.993. The number of hydrogen-bond acceptors (Lipinski definition) is 6. The van der Waals surface area contributed by atoms with Crippen LogP contribution in [0.2, 0.25) is 0 Å². The van der Waals surface area contributed by atoms with E-state index in [0.717, 1.165) is 35.9 Å². The Morgan fingerprint density at radius 2 is 1.90 bits per heavy atom. The van der Waals surface area contributed by atoms with E-state index in [2.05, 4.69) is 20.2 Å². The van der Waals surface area contributed by atoms with Crippen molar-refractivity contribution in [1.82, 2.24) is 9.97 Å². The number of aromatic nitrogens is 2. The van der Waals surface area contributed by atoms with Gasteiger partial charge in [0.2, 0.25) is 5.91 Å². The van der Waals surface area contributed by atoms with Crippen LogP contribution in [0.25, 0.3) is 11.4 Å². The van der Waals surface area contributed by atoms with E-state index in [1.54, 1.807) is 36.0 Å². The number of nitrogens with zero attached hydrogens (tertiary/aromatic N) is 3. The van der Waals surface area contributed by atoms with Crippen LogP contribution in [0.1, 0.15) is 12.1 Å². The maximum atomic E-state index is 12.3. The Balaban J connectivity index is 1.79. The molecular formula is C19H21F3N4O2S. The normalized spacial score (nSPS) is 14.7. The quantitative estimate of drug-likeness (QED) is 0.759. The van der Waals surface area contributed by atoms with Crippen molar-refractivity contribution in [2.75, 3.05) is 42.8 Å². The molecule has 2 aromatic rings. The van der Waals surface area contributed by atoms with Crippen LogP contribution in [0.15, 0.2) is 30.3 Å². The number of alkyl halides is 3. The van der Waals surface area contributed by atoms with Gasteiger partial charge in [0.25, 0.3) is 0 Å². The first-order valence-corrected chi connectivity index (χ1v) is 10.4. The van der Waals surface area contributed by atoms with E-state index < -0.39 is 18.5 Å². The number of benzene rings is 1. The molecule has 1 N–H and O–H groups in total. The Hall–Kier alpha value is -2.33. The van der Waals surface area contributed by atoms with Crippen molar-refractivity contribution in [2.24, 2.45) is 0 Å². The average Bonchev–Trinajstić information content (AvgIpc) is 2.68. The van der Waals surface area contributed by atoms with E-state index in [9.17, 15) is 18.0 Å².